The lowest BCUT2D eigenvalue weighted by molar-refractivity contribution is -0.158. The Bertz CT molecular complexity index is 1180. The van der Waals surface area contributed by atoms with Crippen LogP contribution in [-0.2, 0) is 35.1 Å². The third kappa shape index (κ3) is 5.04. The zero-order chi connectivity index (χ0) is 24.3. The van der Waals surface area contributed by atoms with E-state index >= 15 is 0 Å². The molecular weight excluding hydrogens is 434 g/mol. The number of anilines is 1. The molecule has 0 aliphatic carbocycles. The number of carbonyl (C=O) groups is 3. The molecule has 3 heterocycles. The molecular formula is C21H25N5O7. The van der Waals surface area contributed by atoms with E-state index in [1.54, 1.807) is 0 Å². The standard InChI is InChI=1S/C21H25N5O7/c1-6-8-25-14-10-22-20(23-11(3)27)24-18(14)26(21(25)30)19-17(32-13(5)29)9-16(33-19)15(7-2)31-12(4)28/h1,10,15-17,19H,7-9H2,2-5H3,(H,22,23,24,27)/t15-,16-,17+,19+/m0/s1. The van der Waals surface area contributed by atoms with Crippen molar-refractivity contribution in [2.24, 2.45) is 0 Å². The molecule has 0 radical (unpaired) electrons. The van der Waals surface area contributed by atoms with Gasteiger partial charge in [0.25, 0.3) is 0 Å². The topological polar surface area (TPSA) is 144 Å². The number of imidazole rings is 1. The Kier molecular flexibility index (Phi) is 7.13. The van der Waals surface area contributed by atoms with E-state index in [-0.39, 0.29) is 24.6 Å². The number of esters is 2. The van der Waals surface area contributed by atoms with Crippen molar-refractivity contribution >= 4 is 35.0 Å². The van der Waals surface area contributed by atoms with Crippen LogP contribution in [0, 0.1) is 12.3 Å². The van der Waals surface area contributed by atoms with Crippen LogP contribution >= 0.6 is 0 Å². The molecule has 0 saturated carbocycles. The first-order valence-corrected chi connectivity index (χ1v) is 10.3. The first kappa shape index (κ1) is 23.9. The van der Waals surface area contributed by atoms with E-state index in [1.165, 1.54) is 36.1 Å². The Morgan fingerprint density at radius 3 is 2.64 bits per heavy atom. The minimum absolute atomic E-state index is 0.0217. The molecule has 2 aromatic heterocycles. The molecule has 0 bridgehead atoms. The van der Waals surface area contributed by atoms with Gasteiger partial charge in [-0.25, -0.2) is 14.3 Å². The molecule has 4 atom stereocenters. The lowest BCUT2D eigenvalue weighted by Gasteiger charge is -2.22. The molecule has 2 aromatic rings. The number of carbonyl (C=O) groups excluding carboxylic acids is 3. The molecule has 1 aliphatic heterocycles. The highest BCUT2D eigenvalue weighted by molar-refractivity contribution is 5.87. The van der Waals surface area contributed by atoms with Crippen LogP contribution in [0.25, 0.3) is 11.2 Å². The second-order valence-electron chi connectivity index (χ2n) is 7.53. The Morgan fingerprint density at radius 1 is 1.33 bits per heavy atom. The molecule has 12 heteroatoms. The molecule has 1 aliphatic rings. The highest BCUT2D eigenvalue weighted by Crippen LogP contribution is 2.35. The Morgan fingerprint density at radius 2 is 2.06 bits per heavy atom. The molecule has 0 unspecified atom stereocenters. The van der Waals surface area contributed by atoms with Crippen molar-refractivity contribution in [2.45, 2.75) is 71.6 Å². The summed E-state index contributed by atoms with van der Waals surface area (Å²) < 4.78 is 19.4. The van der Waals surface area contributed by atoms with Gasteiger partial charge in [0.15, 0.2) is 11.9 Å². The molecule has 176 valence electrons. The van der Waals surface area contributed by atoms with Crippen molar-refractivity contribution in [1.82, 2.24) is 19.1 Å². The van der Waals surface area contributed by atoms with E-state index < -0.39 is 48.1 Å². The van der Waals surface area contributed by atoms with Gasteiger partial charge in [-0.2, -0.15) is 4.98 Å². The number of aromatic nitrogens is 4. The zero-order valence-electron chi connectivity index (χ0n) is 18.7. The van der Waals surface area contributed by atoms with E-state index in [9.17, 15) is 19.2 Å². The number of terminal acetylenes is 1. The summed E-state index contributed by atoms with van der Waals surface area (Å²) in [5.41, 5.74) is -0.106. The molecule has 3 rings (SSSR count). The maximum Gasteiger partial charge on any atom is 0.333 e. The number of nitrogens with one attached hydrogen (secondary N) is 1. The summed E-state index contributed by atoms with van der Waals surface area (Å²) in [6, 6.07) is 0. The van der Waals surface area contributed by atoms with Crippen molar-refractivity contribution in [1.29, 1.82) is 0 Å². The predicted octanol–water partition coefficient (Wildman–Crippen LogP) is 0.745. The van der Waals surface area contributed by atoms with Gasteiger partial charge < -0.3 is 14.2 Å². The van der Waals surface area contributed by atoms with Gasteiger partial charge in [0.1, 0.15) is 23.8 Å². The number of hydrogen-bond donors (Lipinski definition) is 1. The minimum atomic E-state index is -1.07. The Balaban J connectivity index is 2.14. The fourth-order valence-corrected chi connectivity index (χ4v) is 3.84. The van der Waals surface area contributed by atoms with E-state index in [2.05, 4.69) is 21.2 Å². The molecule has 1 fully saturated rings. The summed E-state index contributed by atoms with van der Waals surface area (Å²) in [4.78, 5) is 56.4. The average Bonchev–Trinajstić information content (AvgIpc) is 3.23. The van der Waals surface area contributed by atoms with Crippen molar-refractivity contribution in [3.8, 4) is 12.3 Å². The van der Waals surface area contributed by atoms with Gasteiger partial charge in [0, 0.05) is 27.2 Å². The summed E-state index contributed by atoms with van der Waals surface area (Å²) >= 11 is 0. The zero-order valence-corrected chi connectivity index (χ0v) is 18.7. The van der Waals surface area contributed by atoms with Gasteiger partial charge in [0.05, 0.1) is 12.7 Å². The average molecular weight is 459 g/mol. The van der Waals surface area contributed by atoms with E-state index in [0.29, 0.717) is 11.9 Å². The van der Waals surface area contributed by atoms with Gasteiger partial charge in [-0.3, -0.25) is 24.3 Å². The summed E-state index contributed by atoms with van der Waals surface area (Å²) in [6.07, 6.45) is 4.26. The summed E-state index contributed by atoms with van der Waals surface area (Å²) in [7, 11) is 0. The molecule has 1 saturated heterocycles. The van der Waals surface area contributed by atoms with Gasteiger partial charge in [-0.15, -0.1) is 6.42 Å². The second kappa shape index (κ2) is 9.83. The number of nitrogens with zero attached hydrogens (tertiary/aromatic N) is 4. The normalized spacial score (nSPS) is 20.8. The van der Waals surface area contributed by atoms with Gasteiger partial charge in [-0.05, 0) is 6.42 Å². The van der Waals surface area contributed by atoms with Crippen LogP contribution in [0.3, 0.4) is 0 Å². The number of hydrogen-bond acceptors (Lipinski definition) is 9. The molecule has 12 nitrogen and oxygen atoms in total. The van der Waals surface area contributed by atoms with Gasteiger partial charge in [0.2, 0.25) is 11.9 Å². The molecule has 1 N–H and O–H groups in total. The van der Waals surface area contributed by atoms with Crippen LogP contribution in [-0.4, -0.2) is 55.3 Å². The smallest absolute Gasteiger partial charge is 0.333 e. The third-order valence-electron chi connectivity index (χ3n) is 5.05. The number of rotatable bonds is 7. The summed E-state index contributed by atoms with van der Waals surface area (Å²) in [5, 5.41) is 2.47. The number of fused-ring (bicyclic) bond motifs is 1. The molecule has 33 heavy (non-hydrogen) atoms. The van der Waals surface area contributed by atoms with Crippen LogP contribution in [0.1, 0.15) is 46.8 Å². The molecule has 1 amide bonds. The Hall–Kier alpha value is -3.72. The van der Waals surface area contributed by atoms with Crippen LogP contribution in [0.5, 0.6) is 0 Å². The fraction of sp³-hybridized carbons (Fsp3) is 0.524. The maximum atomic E-state index is 13.3. The Labute approximate surface area is 189 Å². The number of ether oxygens (including phenoxy) is 3. The molecule has 0 aromatic carbocycles. The van der Waals surface area contributed by atoms with Crippen LogP contribution in [0.4, 0.5) is 5.95 Å². The highest BCUT2D eigenvalue weighted by atomic mass is 16.6. The van der Waals surface area contributed by atoms with Crippen molar-refractivity contribution in [3.05, 3.63) is 16.7 Å². The largest absolute Gasteiger partial charge is 0.460 e. The lowest BCUT2D eigenvalue weighted by atomic mass is 10.1. The predicted molar refractivity (Wildman–Crippen MR) is 115 cm³/mol. The monoisotopic (exact) mass is 459 g/mol. The first-order chi connectivity index (χ1) is 15.7. The van der Waals surface area contributed by atoms with Gasteiger partial charge in [-0.1, -0.05) is 12.8 Å². The van der Waals surface area contributed by atoms with Crippen molar-refractivity contribution < 1.29 is 28.6 Å². The molecule has 0 spiro atoms. The van der Waals surface area contributed by atoms with Crippen molar-refractivity contribution in [3.63, 3.8) is 0 Å². The van der Waals surface area contributed by atoms with E-state index in [0.717, 1.165) is 0 Å². The van der Waals surface area contributed by atoms with E-state index in [1.807, 2.05) is 6.92 Å². The summed E-state index contributed by atoms with van der Waals surface area (Å²) in [5.74, 6) is 0.949. The van der Waals surface area contributed by atoms with E-state index in [4.69, 9.17) is 20.6 Å². The first-order valence-electron chi connectivity index (χ1n) is 10.3. The lowest BCUT2D eigenvalue weighted by Crippen LogP contribution is -2.34. The van der Waals surface area contributed by atoms with Crippen LogP contribution in [0.15, 0.2) is 11.0 Å². The fourth-order valence-electron chi connectivity index (χ4n) is 3.84. The maximum absolute atomic E-state index is 13.3. The SMILES string of the molecule is C#CCn1c(=O)n([C@@H]2O[C@H]([C@H](CC)OC(C)=O)C[C@H]2OC(C)=O)c2nc(NC(C)=O)ncc21. The summed E-state index contributed by atoms with van der Waals surface area (Å²) in [6.45, 7) is 5.59. The minimum Gasteiger partial charge on any atom is -0.460 e. The second-order valence-corrected chi connectivity index (χ2v) is 7.53. The van der Waals surface area contributed by atoms with Crippen LogP contribution < -0.4 is 11.0 Å². The van der Waals surface area contributed by atoms with Crippen molar-refractivity contribution in [2.75, 3.05) is 5.32 Å². The highest BCUT2D eigenvalue weighted by Gasteiger charge is 2.44. The number of amides is 1. The quantitative estimate of drug-likeness (QED) is 0.468. The van der Waals surface area contributed by atoms with Crippen LogP contribution in [0.2, 0.25) is 0 Å². The third-order valence-corrected chi connectivity index (χ3v) is 5.05. The van der Waals surface area contributed by atoms with Gasteiger partial charge >= 0.3 is 17.6 Å².